The number of carbonyl (C=O) groups excluding carboxylic acids is 1. The molecule has 142 valence electrons. The van der Waals surface area contributed by atoms with Crippen molar-refractivity contribution in [2.75, 3.05) is 31.2 Å². The van der Waals surface area contributed by atoms with Crippen LogP contribution in [0.5, 0.6) is 0 Å². The van der Waals surface area contributed by atoms with E-state index in [2.05, 4.69) is 15.2 Å². The topological polar surface area (TPSA) is 67.4 Å². The van der Waals surface area contributed by atoms with Gasteiger partial charge in [0.15, 0.2) is 0 Å². The first-order valence-electron chi connectivity index (χ1n) is 9.76. The quantitative estimate of drug-likeness (QED) is 0.901. The molecule has 0 saturated carbocycles. The molecule has 27 heavy (non-hydrogen) atoms. The van der Waals surface area contributed by atoms with Crippen LogP contribution in [0.3, 0.4) is 0 Å². The van der Waals surface area contributed by atoms with Gasteiger partial charge in [0, 0.05) is 24.8 Å². The number of ether oxygens (including phenoxy) is 1. The average Bonchev–Trinajstić information content (AvgIpc) is 2.74. The zero-order valence-corrected chi connectivity index (χ0v) is 15.7. The molecule has 2 aromatic rings. The molecule has 2 atom stereocenters. The molecule has 6 heteroatoms. The van der Waals surface area contributed by atoms with Crippen LogP contribution in [-0.4, -0.2) is 42.2 Å². The molecule has 0 spiro atoms. The highest BCUT2D eigenvalue weighted by Crippen LogP contribution is 2.30. The summed E-state index contributed by atoms with van der Waals surface area (Å²) in [4.78, 5) is 24.3. The van der Waals surface area contributed by atoms with Gasteiger partial charge >= 0.3 is 0 Å². The van der Waals surface area contributed by atoms with E-state index in [1.807, 2.05) is 43.5 Å². The Hall–Kier alpha value is -2.47. The van der Waals surface area contributed by atoms with E-state index in [1.165, 1.54) is 0 Å². The SMILES string of the molecule is CC(C(=O)NC1CCCc2nc(N3CCOCC3)ncc21)c1ccccc1. The molecule has 2 heterocycles. The number of rotatable bonds is 4. The van der Waals surface area contributed by atoms with Crippen LogP contribution >= 0.6 is 0 Å². The molecule has 2 unspecified atom stereocenters. The van der Waals surface area contributed by atoms with Crippen LogP contribution in [0.1, 0.15) is 48.5 Å². The first-order chi connectivity index (χ1) is 13.2. The third-order valence-corrected chi connectivity index (χ3v) is 5.47. The van der Waals surface area contributed by atoms with Crippen LogP contribution in [0.4, 0.5) is 5.95 Å². The summed E-state index contributed by atoms with van der Waals surface area (Å²) >= 11 is 0. The van der Waals surface area contributed by atoms with E-state index in [0.717, 1.165) is 68.3 Å². The summed E-state index contributed by atoms with van der Waals surface area (Å²) < 4.78 is 5.41. The second-order valence-corrected chi connectivity index (χ2v) is 7.26. The summed E-state index contributed by atoms with van der Waals surface area (Å²) in [6, 6.07) is 9.89. The fourth-order valence-corrected chi connectivity index (χ4v) is 3.79. The number of benzene rings is 1. The van der Waals surface area contributed by atoms with Crippen LogP contribution in [0.2, 0.25) is 0 Å². The van der Waals surface area contributed by atoms with Crippen LogP contribution in [-0.2, 0) is 16.0 Å². The standard InChI is InChI=1S/C21H26N4O2/c1-15(16-6-3-2-4-7-16)20(26)23-18-8-5-9-19-17(18)14-22-21(24-19)25-10-12-27-13-11-25/h2-4,6-7,14-15,18H,5,8-13H2,1H3,(H,23,26). The van der Waals surface area contributed by atoms with Gasteiger partial charge < -0.3 is 15.0 Å². The van der Waals surface area contributed by atoms with Crippen molar-refractivity contribution in [2.24, 2.45) is 0 Å². The smallest absolute Gasteiger partial charge is 0.227 e. The van der Waals surface area contributed by atoms with Crippen molar-refractivity contribution in [3.8, 4) is 0 Å². The molecule has 1 aliphatic carbocycles. The first kappa shape index (κ1) is 17.9. The van der Waals surface area contributed by atoms with E-state index < -0.39 is 0 Å². The fraction of sp³-hybridized carbons (Fsp3) is 0.476. The summed E-state index contributed by atoms with van der Waals surface area (Å²) in [5.74, 6) is 0.656. The number of nitrogens with zero attached hydrogens (tertiary/aromatic N) is 3. The zero-order chi connectivity index (χ0) is 18.6. The van der Waals surface area contributed by atoms with Crippen molar-refractivity contribution in [1.82, 2.24) is 15.3 Å². The van der Waals surface area contributed by atoms with Gasteiger partial charge in [-0.05, 0) is 31.7 Å². The van der Waals surface area contributed by atoms with Crippen molar-refractivity contribution in [3.63, 3.8) is 0 Å². The second kappa shape index (κ2) is 8.05. The summed E-state index contributed by atoms with van der Waals surface area (Å²) in [5, 5.41) is 3.22. The minimum absolute atomic E-state index is 0.00819. The minimum Gasteiger partial charge on any atom is -0.378 e. The molecule has 0 radical (unpaired) electrons. The average molecular weight is 366 g/mol. The highest BCUT2D eigenvalue weighted by molar-refractivity contribution is 5.83. The number of anilines is 1. The molecule has 2 aliphatic rings. The number of hydrogen-bond donors (Lipinski definition) is 1. The molecule has 1 fully saturated rings. The van der Waals surface area contributed by atoms with Crippen LogP contribution in [0.25, 0.3) is 0 Å². The molecular formula is C21H26N4O2. The number of aromatic nitrogens is 2. The Kier molecular flexibility index (Phi) is 5.34. The van der Waals surface area contributed by atoms with Crippen LogP contribution < -0.4 is 10.2 Å². The number of hydrogen-bond acceptors (Lipinski definition) is 5. The van der Waals surface area contributed by atoms with Crippen molar-refractivity contribution in [1.29, 1.82) is 0 Å². The number of morpholine rings is 1. The molecule has 1 aromatic carbocycles. The largest absolute Gasteiger partial charge is 0.378 e. The first-order valence-corrected chi connectivity index (χ1v) is 9.76. The number of carbonyl (C=O) groups is 1. The molecule has 1 N–H and O–H groups in total. The second-order valence-electron chi connectivity index (χ2n) is 7.26. The van der Waals surface area contributed by atoms with Gasteiger partial charge in [0.25, 0.3) is 0 Å². The highest BCUT2D eigenvalue weighted by Gasteiger charge is 2.27. The van der Waals surface area contributed by atoms with E-state index in [0.29, 0.717) is 0 Å². The lowest BCUT2D eigenvalue weighted by Gasteiger charge is -2.30. The van der Waals surface area contributed by atoms with Gasteiger partial charge in [0.1, 0.15) is 0 Å². The Morgan fingerprint density at radius 2 is 2.04 bits per heavy atom. The van der Waals surface area contributed by atoms with Crippen LogP contribution in [0, 0.1) is 0 Å². The Balaban J connectivity index is 1.48. The van der Waals surface area contributed by atoms with Crippen molar-refractivity contribution < 1.29 is 9.53 Å². The maximum atomic E-state index is 12.8. The van der Waals surface area contributed by atoms with E-state index in [-0.39, 0.29) is 17.9 Å². The predicted molar refractivity (Wildman–Crippen MR) is 104 cm³/mol. The van der Waals surface area contributed by atoms with Crippen molar-refractivity contribution in [2.45, 2.75) is 38.1 Å². The molecule has 1 aromatic heterocycles. The summed E-state index contributed by atoms with van der Waals surface area (Å²) in [7, 11) is 0. The molecule has 6 nitrogen and oxygen atoms in total. The van der Waals surface area contributed by atoms with Crippen LogP contribution in [0.15, 0.2) is 36.5 Å². The Morgan fingerprint density at radius 3 is 2.81 bits per heavy atom. The molecular weight excluding hydrogens is 340 g/mol. The van der Waals surface area contributed by atoms with Gasteiger partial charge in [-0.3, -0.25) is 4.79 Å². The normalized spacial score (nSPS) is 20.6. The fourth-order valence-electron chi connectivity index (χ4n) is 3.79. The van der Waals surface area contributed by atoms with Crippen molar-refractivity contribution >= 4 is 11.9 Å². The van der Waals surface area contributed by atoms with Gasteiger partial charge in [-0.2, -0.15) is 0 Å². The lowest BCUT2D eigenvalue weighted by molar-refractivity contribution is -0.123. The number of aryl methyl sites for hydroxylation is 1. The van der Waals surface area contributed by atoms with E-state index in [1.54, 1.807) is 0 Å². The minimum atomic E-state index is -0.176. The summed E-state index contributed by atoms with van der Waals surface area (Å²) in [5.41, 5.74) is 3.16. The third kappa shape index (κ3) is 3.95. The molecule has 1 amide bonds. The van der Waals surface area contributed by atoms with E-state index >= 15 is 0 Å². The number of fused-ring (bicyclic) bond motifs is 1. The van der Waals surface area contributed by atoms with E-state index in [9.17, 15) is 4.79 Å². The third-order valence-electron chi connectivity index (χ3n) is 5.47. The predicted octanol–water partition coefficient (Wildman–Crippen LogP) is 2.61. The Bertz CT molecular complexity index is 790. The van der Waals surface area contributed by atoms with Crippen molar-refractivity contribution in [3.05, 3.63) is 53.3 Å². The Morgan fingerprint density at radius 1 is 1.26 bits per heavy atom. The summed E-state index contributed by atoms with van der Waals surface area (Å²) in [6.07, 6.45) is 4.80. The maximum Gasteiger partial charge on any atom is 0.227 e. The molecule has 1 aliphatic heterocycles. The molecule has 4 rings (SSSR count). The summed E-state index contributed by atoms with van der Waals surface area (Å²) in [6.45, 7) is 5.04. The molecule has 0 bridgehead atoms. The lowest BCUT2D eigenvalue weighted by atomic mass is 9.91. The van der Waals surface area contributed by atoms with Gasteiger partial charge in [-0.15, -0.1) is 0 Å². The number of amides is 1. The molecule has 1 saturated heterocycles. The van der Waals surface area contributed by atoms with E-state index in [4.69, 9.17) is 9.72 Å². The van der Waals surface area contributed by atoms with Gasteiger partial charge in [-0.25, -0.2) is 9.97 Å². The van der Waals surface area contributed by atoms with Gasteiger partial charge in [0.2, 0.25) is 11.9 Å². The Labute approximate surface area is 160 Å². The monoisotopic (exact) mass is 366 g/mol. The van der Waals surface area contributed by atoms with Gasteiger partial charge in [-0.1, -0.05) is 30.3 Å². The van der Waals surface area contributed by atoms with Gasteiger partial charge in [0.05, 0.1) is 30.9 Å². The maximum absolute atomic E-state index is 12.8. The highest BCUT2D eigenvalue weighted by atomic mass is 16.5. The zero-order valence-electron chi connectivity index (χ0n) is 15.7. The number of nitrogens with one attached hydrogen (secondary N) is 1. The lowest BCUT2D eigenvalue weighted by Crippen LogP contribution is -2.38.